The van der Waals surface area contributed by atoms with Crippen LogP contribution in [0.15, 0.2) is 54.7 Å². The molecule has 0 saturated heterocycles. The van der Waals surface area contributed by atoms with Gasteiger partial charge in [-0.05, 0) is 37.0 Å². The molecule has 1 saturated carbocycles. The van der Waals surface area contributed by atoms with Crippen molar-refractivity contribution in [1.29, 1.82) is 0 Å². The van der Waals surface area contributed by atoms with Gasteiger partial charge in [0, 0.05) is 55.3 Å². The van der Waals surface area contributed by atoms with Gasteiger partial charge in [-0.25, -0.2) is 0 Å². The van der Waals surface area contributed by atoms with Crippen molar-refractivity contribution in [3.8, 4) is 5.75 Å². The molecule has 1 N–H and O–H groups in total. The second kappa shape index (κ2) is 13.3. The molecule has 0 aliphatic heterocycles. The minimum Gasteiger partial charge on any atom is -0.496 e. The van der Waals surface area contributed by atoms with Gasteiger partial charge in [0.1, 0.15) is 5.75 Å². The first kappa shape index (κ1) is 26.7. The Morgan fingerprint density at radius 3 is 2.46 bits per heavy atom. The molecule has 1 heterocycles. The van der Waals surface area contributed by atoms with E-state index >= 15 is 0 Å². The quantitative estimate of drug-likeness (QED) is 0.384. The van der Waals surface area contributed by atoms with Gasteiger partial charge >= 0.3 is 0 Å². The molecule has 0 radical (unpaired) electrons. The van der Waals surface area contributed by atoms with Crippen molar-refractivity contribution in [2.45, 2.75) is 45.1 Å². The number of hydrogen-bond acceptors (Lipinski definition) is 4. The third-order valence-corrected chi connectivity index (χ3v) is 7.39. The van der Waals surface area contributed by atoms with E-state index in [1.807, 2.05) is 47.5 Å². The summed E-state index contributed by atoms with van der Waals surface area (Å²) in [5.74, 6) is 0.777. The number of benzene rings is 2. The topological polar surface area (TPSA) is 74.9 Å². The van der Waals surface area contributed by atoms with Gasteiger partial charge in [0.15, 0.2) is 0 Å². The van der Waals surface area contributed by atoms with Gasteiger partial charge in [-0.3, -0.25) is 9.59 Å². The second-order valence-corrected chi connectivity index (χ2v) is 9.82. The van der Waals surface area contributed by atoms with Crippen LogP contribution in [-0.4, -0.2) is 67.1 Å². The Labute approximate surface area is 219 Å². The van der Waals surface area contributed by atoms with E-state index in [-0.39, 0.29) is 24.3 Å². The Morgan fingerprint density at radius 2 is 1.68 bits per heavy atom. The molecule has 4 rings (SSSR count). The average molecular weight is 506 g/mol. The van der Waals surface area contributed by atoms with Gasteiger partial charge in [0.05, 0.1) is 20.3 Å². The smallest absolute Gasteiger partial charge is 0.242 e. The lowest BCUT2D eigenvalue weighted by Gasteiger charge is -2.31. The summed E-state index contributed by atoms with van der Waals surface area (Å²) < 4.78 is 10.8. The van der Waals surface area contributed by atoms with Crippen LogP contribution in [0.3, 0.4) is 0 Å². The molecule has 37 heavy (non-hydrogen) atoms. The van der Waals surface area contributed by atoms with Gasteiger partial charge in [-0.15, -0.1) is 0 Å². The molecule has 2 aromatic carbocycles. The van der Waals surface area contributed by atoms with Crippen LogP contribution < -0.4 is 4.74 Å². The maximum absolute atomic E-state index is 13.8. The minimum absolute atomic E-state index is 0.00675. The molecular formula is C30H39N3O4. The third-order valence-electron chi connectivity index (χ3n) is 7.39. The number of H-pyrrole nitrogens is 1. The van der Waals surface area contributed by atoms with E-state index in [0.29, 0.717) is 32.7 Å². The highest BCUT2D eigenvalue weighted by Crippen LogP contribution is 2.26. The van der Waals surface area contributed by atoms with Crippen molar-refractivity contribution >= 4 is 22.7 Å². The lowest BCUT2D eigenvalue weighted by atomic mass is 9.88. The molecule has 1 aliphatic carbocycles. The number of aromatic amines is 1. The number of rotatable bonds is 12. The number of para-hydroxylation sites is 2. The molecule has 7 nitrogen and oxygen atoms in total. The number of nitrogens with one attached hydrogen (secondary N) is 1. The Bertz CT molecular complexity index is 1170. The van der Waals surface area contributed by atoms with Crippen molar-refractivity contribution in [2.24, 2.45) is 5.92 Å². The molecule has 198 valence electrons. The van der Waals surface area contributed by atoms with Crippen LogP contribution in [0, 0.1) is 5.92 Å². The van der Waals surface area contributed by atoms with E-state index in [2.05, 4.69) is 17.1 Å². The first-order valence-electron chi connectivity index (χ1n) is 13.3. The number of fused-ring (bicyclic) bond motifs is 1. The Balaban J connectivity index is 1.53. The maximum Gasteiger partial charge on any atom is 0.242 e. The number of carbonyl (C=O) groups excluding carboxylic acids is 2. The fraction of sp³-hybridized carbons (Fsp3) is 0.467. The number of carbonyl (C=O) groups is 2. The van der Waals surface area contributed by atoms with Crippen molar-refractivity contribution in [3.63, 3.8) is 0 Å². The predicted octanol–water partition coefficient (Wildman–Crippen LogP) is 4.80. The Kier molecular flexibility index (Phi) is 9.60. The summed E-state index contributed by atoms with van der Waals surface area (Å²) >= 11 is 0. The predicted molar refractivity (Wildman–Crippen MR) is 145 cm³/mol. The van der Waals surface area contributed by atoms with Crippen LogP contribution in [0.25, 0.3) is 10.9 Å². The minimum atomic E-state index is -0.0639. The van der Waals surface area contributed by atoms with E-state index in [4.69, 9.17) is 9.47 Å². The Hall–Kier alpha value is -3.32. The van der Waals surface area contributed by atoms with Crippen LogP contribution in [0.5, 0.6) is 5.75 Å². The highest BCUT2D eigenvalue weighted by Gasteiger charge is 2.28. The molecule has 0 bridgehead atoms. The zero-order valence-electron chi connectivity index (χ0n) is 22.1. The van der Waals surface area contributed by atoms with Gasteiger partial charge in [-0.1, -0.05) is 55.7 Å². The maximum atomic E-state index is 13.8. The molecule has 2 amide bonds. The fourth-order valence-corrected chi connectivity index (χ4v) is 5.26. The number of hydrogen-bond donors (Lipinski definition) is 1. The summed E-state index contributed by atoms with van der Waals surface area (Å²) in [5.41, 5.74) is 3.20. The molecule has 1 aliphatic rings. The summed E-state index contributed by atoms with van der Waals surface area (Å²) in [6, 6.07) is 16.0. The molecule has 0 unspecified atom stereocenters. The lowest BCUT2D eigenvalue weighted by Crippen LogP contribution is -2.46. The standard InChI is InChI=1S/C30H39N3O4/c1-36-19-18-33(30(35)23-10-4-3-5-11-23)22-29(34)32(21-25-12-6-9-15-28(25)37-2)17-16-24-20-31-27-14-8-7-13-26(24)27/h6-9,12-15,20,23,31H,3-5,10-11,16-19,21-22H2,1-2H3. The van der Waals surface area contributed by atoms with Crippen LogP contribution >= 0.6 is 0 Å². The average Bonchev–Trinajstić information content (AvgIpc) is 3.36. The molecular weight excluding hydrogens is 466 g/mol. The first-order chi connectivity index (χ1) is 18.1. The number of amides is 2. The summed E-state index contributed by atoms with van der Waals surface area (Å²) in [7, 11) is 3.27. The van der Waals surface area contributed by atoms with E-state index < -0.39 is 0 Å². The van der Waals surface area contributed by atoms with Crippen LogP contribution in [0.1, 0.15) is 43.2 Å². The second-order valence-electron chi connectivity index (χ2n) is 9.82. The van der Waals surface area contributed by atoms with Crippen LogP contribution in [0.4, 0.5) is 0 Å². The SMILES string of the molecule is COCCN(CC(=O)N(CCc1c[nH]c2ccccc12)Cc1ccccc1OC)C(=O)C1CCCCC1. The van der Waals surface area contributed by atoms with Crippen LogP contribution in [-0.2, 0) is 27.3 Å². The van der Waals surface area contributed by atoms with Crippen molar-refractivity contribution in [3.05, 3.63) is 65.9 Å². The monoisotopic (exact) mass is 505 g/mol. The van der Waals surface area contributed by atoms with Crippen LogP contribution in [0.2, 0.25) is 0 Å². The normalized spacial score (nSPS) is 14.0. The number of nitrogens with zero attached hydrogens (tertiary/aromatic N) is 2. The van der Waals surface area contributed by atoms with Gasteiger partial charge in [0.25, 0.3) is 0 Å². The summed E-state index contributed by atoms with van der Waals surface area (Å²) in [4.78, 5) is 34.1. The largest absolute Gasteiger partial charge is 0.496 e. The van der Waals surface area contributed by atoms with E-state index in [1.54, 1.807) is 19.1 Å². The zero-order valence-corrected chi connectivity index (χ0v) is 22.1. The molecule has 1 aromatic heterocycles. The first-order valence-corrected chi connectivity index (χ1v) is 13.3. The number of ether oxygens (including phenoxy) is 2. The lowest BCUT2D eigenvalue weighted by molar-refractivity contribution is -0.144. The van der Waals surface area contributed by atoms with Crippen molar-refractivity contribution in [2.75, 3.05) is 40.5 Å². The molecule has 7 heteroatoms. The molecule has 3 aromatic rings. The highest BCUT2D eigenvalue weighted by atomic mass is 16.5. The number of methoxy groups -OCH3 is 2. The van der Waals surface area contributed by atoms with Gasteiger partial charge < -0.3 is 24.3 Å². The van der Waals surface area contributed by atoms with Crippen molar-refractivity contribution < 1.29 is 19.1 Å². The summed E-state index contributed by atoms with van der Waals surface area (Å²) in [5, 5.41) is 1.17. The molecule has 1 fully saturated rings. The third kappa shape index (κ3) is 6.92. The van der Waals surface area contributed by atoms with Crippen molar-refractivity contribution in [1.82, 2.24) is 14.8 Å². The highest BCUT2D eigenvalue weighted by molar-refractivity contribution is 5.86. The van der Waals surface area contributed by atoms with Gasteiger partial charge in [-0.2, -0.15) is 0 Å². The number of aromatic nitrogens is 1. The molecule has 0 atom stereocenters. The summed E-state index contributed by atoms with van der Waals surface area (Å²) in [6.45, 7) is 1.84. The van der Waals surface area contributed by atoms with E-state index in [9.17, 15) is 9.59 Å². The van der Waals surface area contributed by atoms with E-state index in [0.717, 1.165) is 42.5 Å². The fourth-order valence-electron chi connectivity index (χ4n) is 5.26. The van der Waals surface area contributed by atoms with E-state index in [1.165, 1.54) is 17.4 Å². The Morgan fingerprint density at radius 1 is 0.919 bits per heavy atom. The summed E-state index contributed by atoms with van der Waals surface area (Å²) in [6.07, 6.45) is 7.87. The molecule has 0 spiro atoms. The van der Waals surface area contributed by atoms with Gasteiger partial charge in [0.2, 0.25) is 11.8 Å². The zero-order chi connectivity index (χ0) is 26.0.